The number of carbonyl (C=O) groups excluding carboxylic acids is 2. The van der Waals surface area contributed by atoms with Crippen molar-refractivity contribution in [2.45, 2.75) is 6.43 Å². The van der Waals surface area contributed by atoms with Gasteiger partial charge in [-0.25, -0.2) is 13.8 Å². The van der Waals surface area contributed by atoms with E-state index in [0.717, 1.165) is 4.47 Å². The van der Waals surface area contributed by atoms with Crippen LogP contribution in [-0.4, -0.2) is 26.3 Å². The van der Waals surface area contributed by atoms with Gasteiger partial charge < -0.3 is 9.55 Å². The lowest BCUT2D eigenvalue weighted by Gasteiger charge is -2.08. The second-order valence-electron chi connectivity index (χ2n) is 5.22. The molecule has 0 saturated carbocycles. The largest absolute Gasteiger partial charge is 0.345 e. The minimum Gasteiger partial charge on any atom is -0.345 e. The van der Waals surface area contributed by atoms with Crippen molar-refractivity contribution in [3.8, 4) is 0 Å². The molecule has 2 amide bonds. The fourth-order valence-corrected chi connectivity index (χ4v) is 2.80. The maximum atomic E-state index is 12.6. The highest BCUT2D eigenvalue weighted by Crippen LogP contribution is 2.20. The first-order chi connectivity index (χ1) is 11.8. The van der Waals surface area contributed by atoms with E-state index in [1.165, 1.54) is 18.2 Å². The van der Waals surface area contributed by atoms with Crippen molar-refractivity contribution in [1.82, 2.24) is 25.4 Å². The van der Waals surface area contributed by atoms with Gasteiger partial charge in [0.2, 0.25) is 0 Å². The highest BCUT2D eigenvalue weighted by molar-refractivity contribution is 9.10. The number of carbonyl (C=O) groups is 2. The fraction of sp³-hybridized carbons (Fsp3) is 0.133. The topological polar surface area (TPSA) is 91.8 Å². The van der Waals surface area contributed by atoms with E-state index in [2.05, 4.69) is 36.7 Å². The number of nitrogens with zero attached hydrogens (tertiary/aromatic N) is 2. The second kappa shape index (κ2) is 6.63. The first kappa shape index (κ1) is 17.1. The third-order valence-electron chi connectivity index (χ3n) is 3.46. The van der Waals surface area contributed by atoms with E-state index in [1.54, 1.807) is 23.9 Å². The molecule has 3 N–H and O–H groups in total. The van der Waals surface area contributed by atoms with E-state index in [1.807, 2.05) is 0 Å². The number of H-pyrrole nitrogens is 1. The zero-order valence-corrected chi connectivity index (χ0v) is 14.4. The van der Waals surface area contributed by atoms with Gasteiger partial charge in [0.1, 0.15) is 5.69 Å². The van der Waals surface area contributed by atoms with Gasteiger partial charge in [0.15, 0.2) is 5.82 Å². The number of halogens is 3. The number of rotatable bonds is 3. The molecule has 3 rings (SSSR count). The maximum Gasteiger partial charge on any atom is 0.295 e. The Morgan fingerprint density at radius 3 is 2.60 bits per heavy atom. The predicted octanol–water partition coefficient (Wildman–Crippen LogP) is 2.68. The van der Waals surface area contributed by atoms with Crippen LogP contribution in [0.1, 0.15) is 33.1 Å². The number of hydrazine groups is 1. The van der Waals surface area contributed by atoms with E-state index in [0.29, 0.717) is 16.7 Å². The summed E-state index contributed by atoms with van der Waals surface area (Å²) >= 11 is 3.25. The molecule has 0 atom stereocenters. The molecule has 0 unspecified atom stereocenters. The maximum absolute atomic E-state index is 12.6. The number of aromatic nitrogens is 3. The number of hydrogen-bond acceptors (Lipinski definition) is 3. The molecule has 0 fully saturated rings. The number of alkyl halides is 2. The number of aryl methyl sites for hydroxylation is 1. The Balaban J connectivity index is 1.71. The van der Waals surface area contributed by atoms with Gasteiger partial charge in [-0.2, -0.15) is 0 Å². The molecule has 130 valence electrons. The Labute approximate surface area is 148 Å². The van der Waals surface area contributed by atoms with Crippen LogP contribution in [-0.2, 0) is 7.05 Å². The molecule has 2 aromatic heterocycles. The van der Waals surface area contributed by atoms with Crippen molar-refractivity contribution in [3.05, 3.63) is 52.0 Å². The summed E-state index contributed by atoms with van der Waals surface area (Å²) in [6.07, 6.45) is -1.03. The monoisotopic (exact) mass is 411 g/mol. The lowest BCUT2D eigenvalue weighted by Crippen LogP contribution is -2.42. The second-order valence-corrected chi connectivity index (χ2v) is 6.13. The molecule has 0 aliphatic heterocycles. The summed E-state index contributed by atoms with van der Waals surface area (Å²) in [7, 11) is 1.69. The van der Waals surface area contributed by atoms with Crippen LogP contribution in [0.4, 0.5) is 8.78 Å². The molecule has 1 aromatic carbocycles. The smallest absolute Gasteiger partial charge is 0.295 e. The van der Waals surface area contributed by atoms with Crippen molar-refractivity contribution in [1.29, 1.82) is 0 Å². The third-order valence-corrected chi connectivity index (χ3v) is 3.90. The number of benzene rings is 1. The van der Waals surface area contributed by atoms with Gasteiger partial charge in [-0.05, 0) is 40.2 Å². The number of amides is 2. The predicted molar refractivity (Wildman–Crippen MR) is 89.1 cm³/mol. The lowest BCUT2D eigenvalue weighted by molar-refractivity contribution is 0.0842. The highest BCUT2D eigenvalue weighted by atomic mass is 79.9. The molecule has 25 heavy (non-hydrogen) atoms. The van der Waals surface area contributed by atoms with Crippen molar-refractivity contribution in [3.63, 3.8) is 0 Å². The van der Waals surface area contributed by atoms with Crippen LogP contribution in [0.5, 0.6) is 0 Å². The molecular formula is C15H12BrF2N5O2. The quantitative estimate of drug-likeness (QED) is 0.578. The number of fused-ring (bicyclic) bond motifs is 1. The molecule has 0 aliphatic carbocycles. The average Bonchev–Trinajstić information content (AvgIpc) is 3.14. The van der Waals surface area contributed by atoms with Gasteiger partial charge in [-0.1, -0.05) is 0 Å². The Kier molecular flexibility index (Phi) is 4.53. The summed E-state index contributed by atoms with van der Waals surface area (Å²) in [6, 6.07) is 5.86. The third kappa shape index (κ3) is 3.53. The number of aromatic amines is 1. The van der Waals surface area contributed by atoms with Gasteiger partial charge >= 0.3 is 0 Å². The molecule has 10 heteroatoms. The molecule has 0 radical (unpaired) electrons. The van der Waals surface area contributed by atoms with Crippen LogP contribution in [0.15, 0.2) is 34.9 Å². The van der Waals surface area contributed by atoms with Crippen molar-refractivity contribution in [2.24, 2.45) is 7.05 Å². The van der Waals surface area contributed by atoms with Crippen LogP contribution in [0, 0.1) is 0 Å². The van der Waals surface area contributed by atoms with E-state index in [-0.39, 0.29) is 5.56 Å². The number of hydrogen-bond donors (Lipinski definition) is 3. The lowest BCUT2D eigenvalue weighted by atomic mass is 10.2. The summed E-state index contributed by atoms with van der Waals surface area (Å²) in [5, 5.41) is 0. The molecule has 7 nitrogen and oxygen atoms in total. The first-order valence-corrected chi connectivity index (χ1v) is 7.85. The van der Waals surface area contributed by atoms with Crippen LogP contribution < -0.4 is 10.9 Å². The van der Waals surface area contributed by atoms with E-state index in [4.69, 9.17) is 0 Å². The molecular weight excluding hydrogens is 400 g/mol. The molecule has 0 aliphatic rings. The minimum atomic E-state index is -2.73. The van der Waals surface area contributed by atoms with Crippen molar-refractivity contribution >= 4 is 38.8 Å². The van der Waals surface area contributed by atoms with Gasteiger partial charge in [-0.3, -0.25) is 20.4 Å². The van der Waals surface area contributed by atoms with Gasteiger partial charge in [-0.15, -0.1) is 0 Å². The standard InChI is InChI=1S/C15H12BrF2N5O2/c1-23-6-8(16)5-11(23)15(25)22-21-14(24)7-2-3-9-10(4-7)20-13(19-9)12(17)18/h2-6,12H,1H3,(H,19,20)(H,21,24)(H,22,25). The van der Waals surface area contributed by atoms with Crippen LogP contribution in [0.25, 0.3) is 11.0 Å². The van der Waals surface area contributed by atoms with Gasteiger partial charge in [0, 0.05) is 23.3 Å². The molecule has 0 saturated heterocycles. The minimum absolute atomic E-state index is 0.185. The van der Waals surface area contributed by atoms with Crippen LogP contribution in [0.2, 0.25) is 0 Å². The summed E-state index contributed by atoms with van der Waals surface area (Å²) in [6.45, 7) is 0. The van der Waals surface area contributed by atoms with Crippen LogP contribution >= 0.6 is 15.9 Å². The Hall–Kier alpha value is -2.75. The number of nitrogens with one attached hydrogen (secondary N) is 3. The Morgan fingerprint density at radius 2 is 1.96 bits per heavy atom. The van der Waals surface area contributed by atoms with Crippen molar-refractivity contribution < 1.29 is 18.4 Å². The SMILES string of the molecule is Cn1cc(Br)cc1C(=O)NNC(=O)c1ccc2nc(C(F)F)[nH]c2c1. The summed E-state index contributed by atoms with van der Waals surface area (Å²) < 4.78 is 27.6. The molecule has 2 heterocycles. The zero-order chi connectivity index (χ0) is 18.1. The molecule has 3 aromatic rings. The molecule has 0 spiro atoms. The van der Waals surface area contributed by atoms with Gasteiger partial charge in [0.25, 0.3) is 18.2 Å². The van der Waals surface area contributed by atoms with Crippen molar-refractivity contribution in [2.75, 3.05) is 0 Å². The normalized spacial score (nSPS) is 11.1. The highest BCUT2D eigenvalue weighted by Gasteiger charge is 2.15. The first-order valence-electron chi connectivity index (χ1n) is 7.05. The molecule has 0 bridgehead atoms. The Morgan fingerprint density at radius 1 is 1.24 bits per heavy atom. The van der Waals surface area contributed by atoms with E-state index < -0.39 is 24.1 Å². The number of imidazole rings is 1. The summed E-state index contributed by atoms with van der Waals surface area (Å²) in [4.78, 5) is 30.3. The van der Waals surface area contributed by atoms with E-state index in [9.17, 15) is 18.4 Å². The van der Waals surface area contributed by atoms with Crippen LogP contribution in [0.3, 0.4) is 0 Å². The average molecular weight is 412 g/mol. The zero-order valence-electron chi connectivity index (χ0n) is 12.8. The summed E-state index contributed by atoms with van der Waals surface area (Å²) in [5.41, 5.74) is 5.74. The summed E-state index contributed by atoms with van der Waals surface area (Å²) in [5.74, 6) is -1.55. The van der Waals surface area contributed by atoms with E-state index >= 15 is 0 Å². The fourth-order valence-electron chi connectivity index (χ4n) is 2.27. The Bertz CT molecular complexity index is 966. The van der Waals surface area contributed by atoms with Gasteiger partial charge in [0.05, 0.1) is 11.0 Å².